The first-order chi connectivity index (χ1) is 14.7. The smallest absolute Gasteiger partial charge is 0.251 e. The molecule has 174 valence electrons. The Labute approximate surface area is 207 Å². The number of anilines is 1. The fraction of sp³-hybridized carbons (Fsp3) is 0.417. The standard InChI is InChI=1S/C24H30N4OS.2ClH/c1-3-5-11-25-24(29)19-8-6-18(7-9-19)21-17-20-10-16-30-22(20)23(26-21)28-14-12-27(4-2)13-15-28;;/h6-10,16-17H,3-5,11-15H2,1-2H3,(H,25,29);2*1H. The number of aromatic nitrogens is 1. The van der Waals surface area contributed by atoms with Gasteiger partial charge < -0.3 is 15.1 Å². The lowest BCUT2D eigenvalue weighted by Crippen LogP contribution is -2.46. The second kappa shape index (κ2) is 12.4. The Balaban J connectivity index is 0.00000181. The van der Waals surface area contributed by atoms with Crippen LogP contribution in [0, 0.1) is 0 Å². The molecule has 1 aliphatic rings. The zero-order chi connectivity index (χ0) is 20.9. The number of amides is 1. The van der Waals surface area contributed by atoms with Crippen LogP contribution >= 0.6 is 36.2 Å². The summed E-state index contributed by atoms with van der Waals surface area (Å²) in [6, 6.07) is 12.1. The van der Waals surface area contributed by atoms with E-state index in [1.165, 1.54) is 10.1 Å². The third kappa shape index (κ3) is 5.93. The Morgan fingerprint density at radius 1 is 1.06 bits per heavy atom. The molecule has 3 heterocycles. The first kappa shape index (κ1) is 26.4. The summed E-state index contributed by atoms with van der Waals surface area (Å²) in [6.07, 6.45) is 2.08. The molecule has 1 saturated heterocycles. The van der Waals surface area contributed by atoms with Gasteiger partial charge in [0.15, 0.2) is 0 Å². The first-order valence-electron chi connectivity index (χ1n) is 10.9. The van der Waals surface area contributed by atoms with Gasteiger partial charge >= 0.3 is 0 Å². The molecule has 8 heteroatoms. The van der Waals surface area contributed by atoms with Crippen molar-refractivity contribution in [1.82, 2.24) is 15.2 Å². The van der Waals surface area contributed by atoms with E-state index in [4.69, 9.17) is 4.98 Å². The van der Waals surface area contributed by atoms with Crippen molar-refractivity contribution in [3.63, 3.8) is 0 Å². The summed E-state index contributed by atoms with van der Waals surface area (Å²) in [6.45, 7) is 10.3. The topological polar surface area (TPSA) is 48.5 Å². The Hall–Kier alpha value is -1.86. The maximum absolute atomic E-state index is 12.3. The SMILES string of the molecule is CCCCNC(=O)c1ccc(-c2cc3ccsc3c(N3CCN(CC)CC3)n2)cc1.Cl.Cl. The van der Waals surface area contributed by atoms with E-state index in [1.807, 2.05) is 24.3 Å². The van der Waals surface area contributed by atoms with Crippen molar-refractivity contribution in [2.45, 2.75) is 26.7 Å². The number of hydrogen-bond acceptors (Lipinski definition) is 5. The van der Waals surface area contributed by atoms with Crippen LogP contribution in [0.15, 0.2) is 41.8 Å². The van der Waals surface area contributed by atoms with Gasteiger partial charge in [0.2, 0.25) is 0 Å². The summed E-state index contributed by atoms with van der Waals surface area (Å²) in [4.78, 5) is 22.3. The Bertz CT molecular complexity index is 1000. The van der Waals surface area contributed by atoms with Crippen molar-refractivity contribution in [1.29, 1.82) is 0 Å². The fourth-order valence-electron chi connectivity index (χ4n) is 3.87. The minimum Gasteiger partial charge on any atom is -0.353 e. The summed E-state index contributed by atoms with van der Waals surface area (Å²) in [5.41, 5.74) is 2.70. The average molecular weight is 496 g/mol. The van der Waals surface area contributed by atoms with Gasteiger partial charge in [-0.05, 0) is 48.0 Å². The number of piperazine rings is 1. The number of fused-ring (bicyclic) bond motifs is 1. The van der Waals surface area contributed by atoms with Gasteiger partial charge in [0.25, 0.3) is 5.91 Å². The van der Waals surface area contributed by atoms with Crippen LogP contribution in [0.2, 0.25) is 0 Å². The molecule has 5 nitrogen and oxygen atoms in total. The molecule has 0 bridgehead atoms. The van der Waals surface area contributed by atoms with Gasteiger partial charge in [-0.1, -0.05) is 32.4 Å². The van der Waals surface area contributed by atoms with Crippen LogP contribution in [0.5, 0.6) is 0 Å². The first-order valence-corrected chi connectivity index (χ1v) is 11.8. The van der Waals surface area contributed by atoms with Gasteiger partial charge in [-0.25, -0.2) is 4.98 Å². The van der Waals surface area contributed by atoms with E-state index in [0.717, 1.165) is 69.2 Å². The largest absolute Gasteiger partial charge is 0.353 e. The van der Waals surface area contributed by atoms with Crippen molar-refractivity contribution >= 4 is 58.0 Å². The van der Waals surface area contributed by atoms with E-state index in [0.29, 0.717) is 5.56 Å². The normalized spacial score (nSPS) is 14.0. The molecule has 1 fully saturated rings. The maximum atomic E-state index is 12.3. The minimum atomic E-state index is -0.00858. The lowest BCUT2D eigenvalue weighted by atomic mass is 10.1. The van der Waals surface area contributed by atoms with E-state index in [1.54, 1.807) is 11.3 Å². The molecule has 0 radical (unpaired) electrons. The van der Waals surface area contributed by atoms with E-state index < -0.39 is 0 Å². The van der Waals surface area contributed by atoms with Crippen molar-refractivity contribution in [2.75, 3.05) is 44.2 Å². The predicted octanol–water partition coefficient (Wildman–Crippen LogP) is 5.48. The van der Waals surface area contributed by atoms with Crippen molar-refractivity contribution in [3.05, 3.63) is 47.3 Å². The number of benzene rings is 1. The molecule has 4 rings (SSSR count). The van der Waals surface area contributed by atoms with Crippen molar-refractivity contribution < 1.29 is 4.79 Å². The Morgan fingerprint density at radius 3 is 2.44 bits per heavy atom. The van der Waals surface area contributed by atoms with Crippen LogP contribution in [-0.2, 0) is 0 Å². The summed E-state index contributed by atoms with van der Waals surface area (Å²) < 4.78 is 1.26. The highest BCUT2D eigenvalue weighted by Crippen LogP contribution is 2.34. The zero-order valence-electron chi connectivity index (χ0n) is 18.7. The van der Waals surface area contributed by atoms with Crippen LogP contribution in [0.3, 0.4) is 0 Å². The number of pyridine rings is 1. The van der Waals surface area contributed by atoms with E-state index >= 15 is 0 Å². The van der Waals surface area contributed by atoms with E-state index in [9.17, 15) is 4.79 Å². The van der Waals surface area contributed by atoms with E-state index in [-0.39, 0.29) is 30.7 Å². The number of halogens is 2. The Morgan fingerprint density at radius 2 is 1.78 bits per heavy atom. The van der Waals surface area contributed by atoms with Crippen LogP contribution < -0.4 is 10.2 Å². The summed E-state index contributed by atoms with van der Waals surface area (Å²) >= 11 is 1.76. The van der Waals surface area contributed by atoms with Crippen molar-refractivity contribution in [2.24, 2.45) is 0 Å². The number of likely N-dealkylation sites (N-methyl/N-ethyl adjacent to an activating group) is 1. The van der Waals surface area contributed by atoms with Gasteiger partial charge in [-0.2, -0.15) is 0 Å². The second-order valence-electron chi connectivity index (χ2n) is 7.78. The number of hydrogen-bond donors (Lipinski definition) is 1. The fourth-order valence-corrected chi connectivity index (χ4v) is 4.76. The van der Waals surface area contributed by atoms with E-state index in [2.05, 4.69) is 46.5 Å². The summed E-state index contributed by atoms with van der Waals surface area (Å²) in [5.74, 6) is 1.08. The number of carbonyl (C=O) groups is 1. The van der Waals surface area contributed by atoms with Gasteiger partial charge in [0, 0.05) is 43.9 Å². The van der Waals surface area contributed by atoms with Crippen LogP contribution in [0.25, 0.3) is 21.3 Å². The molecule has 1 amide bonds. The number of unbranched alkanes of at least 4 members (excludes halogenated alkanes) is 1. The van der Waals surface area contributed by atoms with Gasteiger partial charge in [-0.3, -0.25) is 4.79 Å². The molecule has 3 aromatic rings. The number of rotatable bonds is 7. The monoisotopic (exact) mass is 494 g/mol. The van der Waals surface area contributed by atoms with Crippen LogP contribution in [0.4, 0.5) is 5.82 Å². The lowest BCUT2D eigenvalue weighted by Gasteiger charge is -2.35. The molecule has 2 aromatic heterocycles. The molecule has 1 N–H and O–H groups in total. The quantitative estimate of drug-likeness (QED) is 0.441. The second-order valence-corrected chi connectivity index (χ2v) is 8.69. The molecular formula is C24H32Cl2N4OS. The highest BCUT2D eigenvalue weighted by Gasteiger charge is 2.20. The average Bonchev–Trinajstić information content (AvgIpc) is 3.27. The van der Waals surface area contributed by atoms with Crippen LogP contribution in [0.1, 0.15) is 37.0 Å². The molecule has 0 aliphatic carbocycles. The zero-order valence-corrected chi connectivity index (χ0v) is 21.1. The molecule has 32 heavy (non-hydrogen) atoms. The number of thiophene rings is 1. The third-order valence-electron chi connectivity index (χ3n) is 5.80. The number of nitrogens with zero attached hydrogens (tertiary/aromatic N) is 3. The molecule has 1 aliphatic heterocycles. The highest BCUT2D eigenvalue weighted by atomic mass is 35.5. The molecule has 0 unspecified atom stereocenters. The summed E-state index contributed by atoms with van der Waals surface area (Å²) in [7, 11) is 0. The number of carbonyl (C=O) groups excluding carboxylic acids is 1. The summed E-state index contributed by atoms with van der Waals surface area (Å²) in [5, 5.41) is 6.36. The van der Waals surface area contributed by atoms with Crippen LogP contribution in [-0.4, -0.2) is 55.1 Å². The molecule has 0 spiro atoms. The molecule has 0 atom stereocenters. The predicted molar refractivity (Wildman–Crippen MR) is 141 cm³/mol. The van der Waals surface area contributed by atoms with Gasteiger partial charge in [0.1, 0.15) is 5.82 Å². The van der Waals surface area contributed by atoms with Crippen molar-refractivity contribution in [3.8, 4) is 11.3 Å². The Kier molecular flexibility index (Phi) is 10.2. The molecular weight excluding hydrogens is 463 g/mol. The number of nitrogens with one attached hydrogen (secondary N) is 1. The van der Waals surface area contributed by atoms with Gasteiger partial charge in [-0.15, -0.1) is 36.2 Å². The maximum Gasteiger partial charge on any atom is 0.251 e. The lowest BCUT2D eigenvalue weighted by molar-refractivity contribution is 0.0953. The molecule has 1 aromatic carbocycles. The molecule has 0 saturated carbocycles. The van der Waals surface area contributed by atoms with Gasteiger partial charge in [0.05, 0.1) is 10.4 Å². The highest BCUT2D eigenvalue weighted by molar-refractivity contribution is 7.17. The third-order valence-corrected chi connectivity index (χ3v) is 6.72. The minimum absolute atomic E-state index is 0.